The Balaban J connectivity index is 0.892. The standard InChI is InChI=1S/C38H39FN6O3/c39-30-12-10-29(11-13-30)38(26-43-19-18-40-27-43)47-25-33(48-38)24-46-32-16-14-31(15-17-32)44-20-22-45(23-21-44)37-34-8-4-5-9-35(34)41-36(42-37)28-6-2-1-3-7-28/h1-3,6-7,10-19,27,33H,4-5,8-9,20-26H2. The van der Waals surface area contributed by atoms with E-state index < -0.39 is 5.79 Å². The smallest absolute Gasteiger partial charge is 0.214 e. The highest BCUT2D eigenvalue weighted by Gasteiger charge is 2.44. The minimum absolute atomic E-state index is 0.290. The number of benzene rings is 3. The number of hydrogen-bond acceptors (Lipinski definition) is 8. The molecule has 48 heavy (non-hydrogen) atoms. The third-order valence-electron chi connectivity index (χ3n) is 9.50. The molecule has 2 aromatic heterocycles. The largest absolute Gasteiger partial charge is 0.491 e. The molecule has 0 bridgehead atoms. The Hall–Kier alpha value is -4.80. The molecule has 0 amide bonds. The van der Waals surface area contributed by atoms with Gasteiger partial charge in [-0.2, -0.15) is 0 Å². The first kappa shape index (κ1) is 30.5. The van der Waals surface area contributed by atoms with Crippen molar-refractivity contribution in [3.8, 4) is 17.1 Å². The van der Waals surface area contributed by atoms with Crippen LogP contribution in [0.2, 0.25) is 0 Å². The van der Waals surface area contributed by atoms with Gasteiger partial charge in [0.25, 0.3) is 0 Å². The lowest BCUT2D eigenvalue weighted by Crippen LogP contribution is -2.47. The van der Waals surface area contributed by atoms with E-state index in [0.29, 0.717) is 19.8 Å². The zero-order valence-corrected chi connectivity index (χ0v) is 26.9. The molecule has 0 N–H and O–H groups in total. The quantitative estimate of drug-likeness (QED) is 0.192. The van der Waals surface area contributed by atoms with Gasteiger partial charge in [0.1, 0.15) is 30.1 Å². The van der Waals surface area contributed by atoms with Crippen molar-refractivity contribution in [3.63, 3.8) is 0 Å². The van der Waals surface area contributed by atoms with E-state index in [-0.39, 0.29) is 11.9 Å². The van der Waals surface area contributed by atoms with Crippen molar-refractivity contribution < 1.29 is 18.6 Å². The van der Waals surface area contributed by atoms with Gasteiger partial charge >= 0.3 is 0 Å². The van der Waals surface area contributed by atoms with E-state index >= 15 is 0 Å². The van der Waals surface area contributed by atoms with Crippen molar-refractivity contribution in [2.24, 2.45) is 0 Å². The van der Waals surface area contributed by atoms with E-state index in [1.807, 2.05) is 29.0 Å². The second-order valence-corrected chi connectivity index (χ2v) is 12.7. The maximum Gasteiger partial charge on any atom is 0.214 e. The van der Waals surface area contributed by atoms with Crippen molar-refractivity contribution >= 4 is 11.5 Å². The Morgan fingerprint density at radius 3 is 2.40 bits per heavy atom. The molecule has 3 aromatic carbocycles. The third-order valence-corrected chi connectivity index (χ3v) is 9.50. The summed E-state index contributed by atoms with van der Waals surface area (Å²) in [7, 11) is 0. The molecule has 2 atom stereocenters. The van der Waals surface area contributed by atoms with Gasteiger partial charge in [-0.15, -0.1) is 0 Å². The van der Waals surface area contributed by atoms with Crippen LogP contribution >= 0.6 is 0 Å². The van der Waals surface area contributed by atoms with Gasteiger partial charge in [0.05, 0.1) is 19.5 Å². The van der Waals surface area contributed by atoms with Crippen LogP contribution in [0.1, 0.15) is 29.7 Å². The summed E-state index contributed by atoms with van der Waals surface area (Å²) in [4.78, 5) is 19.1. The number of aryl methyl sites for hydroxylation is 1. The van der Waals surface area contributed by atoms with E-state index in [9.17, 15) is 4.39 Å². The monoisotopic (exact) mass is 646 g/mol. The summed E-state index contributed by atoms with van der Waals surface area (Å²) < 4.78 is 34.5. The van der Waals surface area contributed by atoms with E-state index in [4.69, 9.17) is 24.2 Å². The number of ether oxygens (including phenoxy) is 3. The minimum Gasteiger partial charge on any atom is -0.491 e. The van der Waals surface area contributed by atoms with Gasteiger partial charge in [0.2, 0.25) is 5.79 Å². The molecule has 2 aliphatic heterocycles. The topological polar surface area (TPSA) is 77.8 Å². The lowest BCUT2D eigenvalue weighted by molar-refractivity contribution is -0.189. The average Bonchev–Trinajstić information content (AvgIpc) is 3.82. The number of nitrogens with zero attached hydrogens (tertiary/aromatic N) is 6. The number of fused-ring (bicyclic) bond motifs is 1. The summed E-state index contributed by atoms with van der Waals surface area (Å²) in [6.45, 7) is 4.72. The van der Waals surface area contributed by atoms with Crippen LogP contribution < -0.4 is 14.5 Å². The molecule has 2 fully saturated rings. The first-order valence-electron chi connectivity index (χ1n) is 16.8. The van der Waals surface area contributed by atoms with Gasteiger partial charge in [-0.3, -0.25) is 0 Å². The number of rotatable bonds is 9. The zero-order valence-electron chi connectivity index (χ0n) is 26.9. The molecular formula is C38H39FN6O3. The van der Waals surface area contributed by atoms with E-state index in [1.165, 1.54) is 41.9 Å². The van der Waals surface area contributed by atoms with E-state index in [2.05, 4.69) is 51.2 Å². The molecule has 246 valence electrons. The van der Waals surface area contributed by atoms with Crippen LogP contribution in [0.3, 0.4) is 0 Å². The van der Waals surface area contributed by atoms with Crippen molar-refractivity contribution in [1.82, 2.24) is 19.5 Å². The fourth-order valence-electron chi connectivity index (χ4n) is 6.97. The van der Waals surface area contributed by atoms with Gasteiger partial charge in [-0.1, -0.05) is 42.5 Å². The molecule has 1 aliphatic carbocycles. The van der Waals surface area contributed by atoms with Crippen LogP contribution in [0.4, 0.5) is 15.9 Å². The molecule has 5 aromatic rings. The number of aromatic nitrogens is 4. The van der Waals surface area contributed by atoms with Crippen molar-refractivity contribution in [2.75, 3.05) is 49.2 Å². The van der Waals surface area contributed by atoms with Gasteiger partial charge in [-0.05, 0) is 62.1 Å². The summed E-state index contributed by atoms with van der Waals surface area (Å²) >= 11 is 0. The van der Waals surface area contributed by atoms with Crippen molar-refractivity contribution in [1.29, 1.82) is 0 Å². The molecule has 2 saturated heterocycles. The first-order valence-corrected chi connectivity index (χ1v) is 16.8. The fraction of sp³-hybridized carbons (Fsp3) is 0.342. The van der Waals surface area contributed by atoms with Crippen LogP contribution in [0.25, 0.3) is 11.4 Å². The second kappa shape index (κ2) is 13.4. The summed E-state index contributed by atoms with van der Waals surface area (Å²) in [5.41, 5.74) is 5.55. The molecule has 10 heteroatoms. The number of halogens is 1. The summed E-state index contributed by atoms with van der Waals surface area (Å²) in [6.07, 6.45) is 9.46. The van der Waals surface area contributed by atoms with E-state index in [1.54, 1.807) is 24.7 Å². The zero-order chi connectivity index (χ0) is 32.3. The van der Waals surface area contributed by atoms with Gasteiger partial charge in [-0.25, -0.2) is 19.3 Å². The highest BCUT2D eigenvalue weighted by atomic mass is 19.1. The Morgan fingerprint density at radius 1 is 0.854 bits per heavy atom. The Morgan fingerprint density at radius 2 is 1.62 bits per heavy atom. The molecule has 2 unspecified atom stereocenters. The van der Waals surface area contributed by atoms with Crippen LogP contribution in [0.15, 0.2) is 97.6 Å². The van der Waals surface area contributed by atoms with Gasteiger partial charge < -0.3 is 28.6 Å². The number of piperazine rings is 1. The Labute approximate surface area is 279 Å². The predicted molar refractivity (Wildman–Crippen MR) is 182 cm³/mol. The number of anilines is 2. The van der Waals surface area contributed by atoms with Crippen molar-refractivity contribution in [3.05, 3.63) is 120 Å². The van der Waals surface area contributed by atoms with Crippen molar-refractivity contribution in [2.45, 2.75) is 44.1 Å². The van der Waals surface area contributed by atoms with Crippen LogP contribution in [-0.2, 0) is 34.6 Å². The number of imidazole rings is 1. The van der Waals surface area contributed by atoms with Crippen LogP contribution in [0.5, 0.6) is 5.75 Å². The third kappa shape index (κ3) is 6.37. The maximum atomic E-state index is 13.7. The highest BCUT2D eigenvalue weighted by molar-refractivity contribution is 5.62. The highest BCUT2D eigenvalue weighted by Crippen LogP contribution is 2.37. The minimum atomic E-state index is -1.05. The summed E-state index contributed by atoms with van der Waals surface area (Å²) in [6, 6.07) is 24.9. The molecule has 9 nitrogen and oxygen atoms in total. The predicted octanol–water partition coefficient (Wildman–Crippen LogP) is 6.03. The number of hydrogen-bond donors (Lipinski definition) is 0. The lowest BCUT2D eigenvalue weighted by Gasteiger charge is -2.38. The van der Waals surface area contributed by atoms with E-state index in [0.717, 1.165) is 67.5 Å². The molecule has 0 saturated carbocycles. The maximum absolute atomic E-state index is 13.7. The summed E-state index contributed by atoms with van der Waals surface area (Å²) in [5.74, 6) is 1.37. The SMILES string of the molecule is Fc1ccc(C2(Cn3ccnc3)OCC(COc3ccc(N4CCN(c5nc(-c6ccccc6)nc6c5CCCC6)CC4)cc3)O2)cc1. The van der Waals surface area contributed by atoms with Gasteiger partial charge in [0.15, 0.2) is 5.82 Å². The first-order chi connectivity index (χ1) is 23.6. The molecule has 4 heterocycles. The molecular weight excluding hydrogens is 607 g/mol. The average molecular weight is 647 g/mol. The molecule has 8 rings (SSSR count). The van der Waals surface area contributed by atoms with Crippen LogP contribution in [0, 0.1) is 5.82 Å². The Kier molecular flexibility index (Phi) is 8.50. The second-order valence-electron chi connectivity index (χ2n) is 12.7. The fourth-order valence-corrected chi connectivity index (χ4v) is 6.97. The van der Waals surface area contributed by atoms with Gasteiger partial charge in [0, 0.05) is 66.6 Å². The lowest BCUT2D eigenvalue weighted by atomic mass is 9.95. The Bertz CT molecular complexity index is 1810. The molecule has 0 spiro atoms. The molecule has 3 aliphatic rings. The normalized spacial score (nSPS) is 20.9. The van der Waals surface area contributed by atoms with Crippen LogP contribution in [-0.4, -0.2) is 65.0 Å². The molecule has 0 radical (unpaired) electrons. The summed E-state index contributed by atoms with van der Waals surface area (Å²) in [5, 5.41) is 0.